The minimum atomic E-state index is -1.11. The van der Waals surface area contributed by atoms with E-state index < -0.39 is 11.9 Å². The summed E-state index contributed by atoms with van der Waals surface area (Å²) in [7, 11) is 0. The lowest BCUT2D eigenvalue weighted by Gasteiger charge is -2.22. The largest absolute Gasteiger partial charge is 0.477 e. The molecule has 0 aromatic carbocycles. The second-order valence-electron chi connectivity index (χ2n) is 5.15. The average Bonchev–Trinajstić information content (AvgIpc) is 3.25. The predicted octanol–water partition coefficient (Wildman–Crippen LogP) is 2.03. The summed E-state index contributed by atoms with van der Waals surface area (Å²) in [6, 6.07) is 3.86. The number of aromatic amines is 2. The molecule has 0 unspecified atom stereocenters. The lowest BCUT2D eigenvalue weighted by atomic mass is 9.85. The second kappa shape index (κ2) is 5.06. The highest BCUT2D eigenvalue weighted by Gasteiger charge is 2.35. The minimum absolute atomic E-state index is 0.00557. The Bertz CT molecular complexity index is 896. The monoisotopic (exact) mass is 329 g/mol. The molecule has 0 spiro atoms. The highest BCUT2D eigenvalue weighted by molar-refractivity contribution is 7.13. The molecule has 0 bridgehead atoms. The molecule has 4 heterocycles. The number of H-pyrrole nitrogens is 2. The minimum Gasteiger partial charge on any atom is -0.477 e. The van der Waals surface area contributed by atoms with Crippen LogP contribution in [-0.4, -0.2) is 37.4 Å². The first-order chi connectivity index (χ1) is 11.1. The number of hydrogen-bond donors (Lipinski definition) is 4. The number of amides is 1. The van der Waals surface area contributed by atoms with E-state index in [1.807, 2.05) is 17.5 Å². The first kappa shape index (κ1) is 13.7. The van der Waals surface area contributed by atoms with Gasteiger partial charge in [-0.25, -0.2) is 4.79 Å². The van der Waals surface area contributed by atoms with Crippen LogP contribution < -0.4 is 5.32 Å². The van der Waals surface area contributed by atoms with Gasteiger partial charge < -0.3 is 10.4 Å². The summed E-state index contributed by atoms with van der Waals surface area (Å²) < 4.78 is 0. The first-order valence-electron chi connectivity index (χ1n) is 6.83. The number of hydrogen-bond acceptors (Lipinski definition) is 5. The molecule has 3 aromatic rings. The molecule has 3 aromatic heterocycles. The van der Waals surface area contributed by atoms with E-state index in [9.17, 15) is 14.7 Å². The van der Waals surface area contributed by atoms with Gasteiger partial charge in [0.05, 0.1) is 16.8 Å². The van der Waals surface area contributed by atoms with Crippen LogP contribution in [0.2, 0.25) is 0 Å². The summed E-state index contributed by atoms with van der Waals surface area (Å²) in [6.07, 6.45) is 1.60. The fourth-order valence-corrected chi connectivity index (χ4v) is 3.60. The maximum absolute atomic E-state index is 12.0. The van der Waals surface area contributed by atoms with Gasteiger partial charge >= 0.3 is 5.97 Å². The van der Waals surface area contributed by atoms with E-state index in [2.05, 4.69) is 25.7 Å². The van der Waals surface area contributed by atoms with E-state index in [1.165, 1.54) is 6.20 Å². The summed E-state index contributed by atoms with van der Waals surface area (Å²) in [5, 5.41) is 27.4. The molecular formula is C14H11N5O3S. The van der Waals surface area contributed by atoms with Gasteiger partial charge in [-0.15, -0.1) is 11.3 Å². The van der Waals surface area contributed by atoms with Crippen LogP contribution in [0.15, 0.2) is 23.7 Å². The van der Waals surface area contributed by atoms with Crippen molar-refractivity contribution in [1.82, 2.24) is 20.4 Å². The van der Waals surface area contributed by atoms with Crippen LogP contribution in [0.1, 0.15) is 34.0 Å². The van der Waals surface area contributed by atoms with E-state index >= 15 is 0 Å². The Morgan fingerprint density at radius 2 is 2.26 bits per heavy atom. The number of fused-ring (bicyclic) bond motifs is 1. The number of carbonyl (C=O) groups excluding carboxylic acids is 1. The molecule has 0 aliphatic carbocycles. The van der Waals surface area contributed by atoms with Gasteiger partial charge in [0, 0.05) is 23.5 Å². The van der Waals surface area contributed by atoms with Gasteiger partial charge in [0.2, 0.25) is 5.91 Å². The lowest BCUT2D eigenvalue weighted by Crippen LogP contribution is -2.24. The van der Waals surface area contributed by atoms with Crippen molar-refractivity contribution in [2.75, 3.05) is 5.32 Å². The van der Waals surface area contributed by atoms with Crippen LogP contribution in [-0.2, 0) is 4.79 Å². The number of rotatable bonds is 3. The van der Waals surface area contributed by atoms with Crippen molar-refractivity contribution in [1.29, 1.82) is 0 Å². The fraction of sp³-hybridized carbons (Fsp3) is 0.143. The van der Waals surface area contributed by atoms with Crippen molar-refractivity contribution in [2.24, 2.45) is 0 Å². The molecule has 4 N–H and O–H groups in total. The van der Waals surface area contributed by atoms with Crippen LogP contribution in [0.4, 0.5) is 5.82 Å². The zero-order chi connectivity index (χ0) is 16.0. The van der Waals surface area contributed by atoms with Gasteiger partial charge in [0.1, 0.15) is 5.69 Å². The third kappa shape index (κ3) is 2.13. The molecule has 0 saturated heterocycles. The fourth-order valence-electron chi connectivity index (χ4n) is 2.86. The molecule has 23 heavy (non-hydrogen) atoms. The van der Waals surface area contributed by atoms with Crippen LogP contribution in [0.25, 0.3) is 10.6 Å². The number of carboxylic acids is 1. The lowest BCUT2D eigenvalue weighted by molar-refractivity contribution is -0.116. The summed E-state index contributed by atoms with van der Waals surface area (Å²) >= 11 is 1.54. The Morgan fingerprint density at radius 1 is 1.39 bits per heavy atom. The molecule has 1 aliphatic rings. The second-order valence-corrected chi connectivity index (χ2v) is 6.10. The van der Waals surface area contributed by atoms with Crippen molar-refractivity contribution in [3.05, 3.63) is 40.5 Å². The Kier molecular flexibility index (Phi) is 3.01. The number of aromatic nitrogens is 4. The van der Waals surface area contributed by atoms with E-state index in [0.29, 0.717) is 11.4 Å². The first-order valence-corrected chi connectivity index (χ1v) is 7.71. The van der Waals surface area contributed by atoms with Crippen LogP contribution >= 0.6 is 11.3 Å². The predicted molar refractivity (Wildman–Crippen MR) is 82.5 cm³/mol. The Labute approximate surface area is 133 Å². The quantitative estimate of drug-likeness (QED) is 0.585. The van der Waals surface area contributed by atoms with Crippen molar-refractivity contribution in [3.8, 4) is 10.6 Å². The van der Waals surface area contributed by atoms with Gasteiger partial charge in [-0.3, -0.25) is 15.0 Å². The molecule has 1 amide bonds. The van der Waals surface area contributed by atoms with Gasteiger partial charge in [-0.2, -0.15) is 10.2 Å². The maximum Gasteiger partial charge on any atom is 0.354 e. The van der Waals surface area contributed by atoms with Gasteiger partial charge in [0.25, 0.3) is 0 Å². The standard InChI is InChI=1S/C14H11N5O3S/c20-9-4-6(7-5-15-17-11(7)14(21)22)10-12(8-2-1-3-23-8)18-19-13(10)16-9/h1-3,5-6H,4H2,(H,15,17)(H,21,22)(H2,16,18,19,20)/t6-/m0/s1. The molecule has 1 aliphatic heterocycles. The zero-order valence-electron chi connectivity index (χ0n) is 11.7. The van der Waals surface area contributed by atoms with Crippen LogP contribution in [0, 0.1) is 0 Å². The number of anilines is 1. The molecule has 0 saturated carbocycles. The Balaban J connectivity index is 1.90. The molecule has 0 fully saturated rings. The van der Waals surface area contributed by atoms with Crippen molar-refractivity contribution < 1.29 is 14.7 Å². The summed E-state index contributed by atoms with van der Waals surface area (Å²) in [5.74, 6) is -1.29. The molecule has 0 radical (unpaired) electrons. The highest BCUT2D eigenvalue weighted by atomic mass is 32.1. The van der Waals surface area contributed by atoms with Gasteiger partial charge in [-0.05, 0) is 11.4 Å². The number of thiophene rings is 1. The van der Waals surface area contributed by atoms with E-state index in [0.717, 1.165) is 16.1 Å². The number of aromatic carboxylic acids is 1. The SMILES string of the molecule is O=C1C[C@@H](c2cn[nH]c2C(=O)O)c2c(n[nH]c2-c2cccs2)N1. The number of nitrogens with one attached hydrogen (secondary N) is 3. The maximum atomic E-state index is 12.0. The normalized spacial score (nSPS) is 16.9. The third-order valence-corrected chi connectivity index (χ3v) is 4.71. The van der Waals surface area contributed by atoms with E-state index in [1.54, 1.807) is 11.3 Å². The summed E-state index contributed by atoms with van der Waals surface area (Å²) in [6.45, 7) is 0. The zero-order valence-corrected chi connectivity index (χ0v) is 12.5. The van der Waals surface area contributed by atoms with Crippen molar-refractivity contribution in [3.63, 3.8) is 0 Å². The van der Waals surface area contributed by atoms with Crippen LogP contribution in [0.5, 0.6) is 0 Å². The van der Waals surface area contributed by atoms with Crippen molar-refractivity contribution >= 4 is 29.0 Å². The van der Waals surface area contributed by atoms with Gasteiger partial charge in [-0.1, -0.05) is 6.07 Å². The van der Waals surface area contributed by atoms with Gasteiger partial charge in [0.15, 0.2) is 5.82 Å². The Morgan fingerprint density at radius 3 is 3.00 bits per heavy atom. The number of nitrogens with zero attached hydrogens (tertiary/aromatic N) is 2. The molecule has 116 valence electrons. The number of carboxylic acid groups (broad SMARTS) is 1. The highest BCUT2D eigenvalue weighted by Crippen LogP contribution is 2.43. The molecule has 9 heteroatoms. The smallest absolute Gasteiger partial charge is 0.354 e. The van der Waals surface area contributed by atoms with Crippen molar-refractivity contribution in [2.45, 2.75) is 12.3 Å². The topological polar surface area (TPSA) is 124 Å². The summed E-state index contributed by atoms with van der Waals surface area (Å²) in [4.78, 5) is 24.3. The summed E-state index contributed by atoms with van der Waals surface area (Å²) in [5.41, 5.74) is 2.05. The molecular weight excluding hydrogens is 318 g/mol. The molecule has 4 rings (SSSR count). The average molecular weight is 329 g/mol. The Hall–Kier alpha value is -2.94. The third-order valence-electron chi connectivity index (χ3n) is 3.83. The molecule has 1 atom stereocenters. The molecule has 8 nitrogen and oxygen atoms in total. The van der Waals surface area contributed by atoms with E-state index in [4.69, 9.17) is 0 Å². The van der Waals surface area contributed by atoms with E-state index in [-0.39, 0.29) is 18.0 Å². The van der Waals surface area contributed by atoms with Crippen LogP contribution in [0.3, 0.4) is 0 Å². The number of carbonyl (C=O) groups is 2.